The van der Waals surface area contributed by atoms with Crippen LogP contribution in [0.15, 0.2) is 28.7 Å². The van der Waals surface area contributed by atoms with E-state index in [-0.39, 0.29) is 0 Å². The average molecular weight is 269 g/mol. The van der Waals surface area contributed by atoms with Crippen molar-refractivity contribution in [3.8, 4) is 0 Å². The molecule has 2 heteroatoms. The third-order valence-corrected chi connectivity index (χ3v) is 4.39. The maximum Gasteiger partial charge on any atom is 0.0713 e. The fourth-order valence-electron chi connectivity index (χ4n) is 2.46. The van der Waals surface area contributed by atoms with Gasteiger partial charge in [-0.2, -0.15) is 0 Å². The van der Waals surface area contributed by atoms with Crippen molar-refractivity contribution in [2.75, 3.05) is 0 Å². The minimum absolute atomic E-state index is 0.421. The predicted molar refractivity (Wildman–Crippen MR) is 65.8 cm³/mol. The molecule has 0 saturated heterocycles. The molecule has 15 heavy (non-hydrogen) atoms. The maximum absolute atomic E-state index is 10.5. The summed E-state index contributed by atoms with van der Waals surface area (Å²) < 4.78 is 1.11. The number of rotatable bonds is 2. The zero-order valence-electron chi connectivity index (χ0n) is 9.04. The smallest absolute Gasteiger partial charge is 0.0713 e. The Morgan fingerprint density at radius 2 is 2.20 bits per heavy atom. The molecule has 1 aromatic rings. The Hall–Kier alpha value is -0.340. The van der Waals surface area contributed by atoms with Crippen molar-refractivity contribution in [1.29, 1.82) is 0 Å². The monoisotopic (exact) mass is 268 g/mol. The summed E-state index contributed by atoms with van der Waals surface area (Å²) in [4.78, 5) is 0. The van der Waals surface area contributed by atoms with Gasteiger partial charge in [0, 0.05) is 10.9 Å². The van der Waals surface area contributed by atoms with Gasteiger partial charge in [-0.05, 0) is 30.4 Å². The van der Waals surface area contributed by atoms with Crippen LogP contribution in [0.4, 0.5) is 0 Å². The molecule has 0 aliphatic heterocycles. The summed E-state index contributed by atoms with van der Waals surface area (Å²) in [7, 11) is 0. The van der Waals surface area contributed by atoms with Gasteiger partial charge in [-0.15, -0.1) is 0 Å². The molecule has 0 radical (unpaired) electrons. The molecular weight excluding hydrogens is 252 g/mol. The largest absolute Gasteiger partial charge is 0.389 e. The van der Waals surface area contributed by atoms with Crippen molar-refractivity contribution < 1.29 is 5.11 Å². The molecule has 0 bridgehead atoms. The van der Waals surface area contributed by atoms with Crippen LogP contribution in [0.2, 0.25) is 0 Å². The van der Waals surface area contributed by atoms with Crippen molar-refractivity contribution in [1.82, 2.24) is 0 Å². The Kier molecular flexibility index (Phi) is 3.17. The van der Waals surface area contributed by atoms with E-state index < -0.39 is 5.60 Å². The molecule has 0 heterocycles. The minimum atomic E-state index is -0.482. The first-order valence-electron chi connectivity index (χ1n) is 5.57. The molecule has 2 rings (SSSR count). The van der Waals surface area contributed by atoms with Crippen LogP contribution in [0.5, 0.6) is 0 Å². The summed E-state index contributed by atoms with van der Waals surface area (Å²) in [5.41, 5.74) is 0.734. The van der Waals surface area contributed by atoms with Crippen LogP contribution >= 0.6 is 15.9 Å². The van der Waals surface area contributed by atoms with Crippen molar-refractivity contribution in [3.63, 3.8) is 0 Å². The topological polar surface area (TPSA) is 20.2 Å². The Bertz CT molecular complexity index is 350. The van der Waals surface area contributed by atoms with E-state index in [0.717, 1.165) is 30.2 Å². The summed E-state index contributed by atoms with van der Waals surface area (Å²) in [6.07, 6.45) is 4.02. The fraction of sp³-hybridized carbons (Fsp3) is 0.538. The molecule has 0 aromatic heterocycles. The lowest BCUT2D eigenvalue weighted by atomic mass is 9.86. The quantitative estimate of drug-likeness (QED) is 0.870. The van der Waals surface area contributed by atoms with Crippen molar-refractivity contribution in [2.24, 2.45) is 5.92 Å². The summed E-state index contributed by atoms with van der Waals surface area (Å²) in [6.45, 7) is 2.16. The van der Waals surface area contributed by atoms with Crippen LogP contribution in [0, 0.1) is 5.92 Å². The molecule has 2 unspecified atom stereocenters. The highest BCUT2D eigenvalue weighted by atomic mass is 79.9. The Morgan fingerprint density at radius 1 is 1.47 bits per heavy atom. The summed E-state index contributed by atoms with van der Waals surface area (Å²) in [6, 6.07) is 8.17. The first-order valence-corrected chi connectivity index (χ1v) is 6.37. The van der Waals surface area contributed by atoms with Gasteiger partial charge in [0.05, 0.1) is 5.60 Å². The van der Waals surface area contributed by atoms with Crippen LogP contribution in [-0.4, -0.2) is 10.7 Å². The van der Waals surface area contributed by atoms with Gasteiger partial charge in [0.25, 0.3) is 0 Å². The van der Waals surface area contributed by atoms with Crippen LogP contribution in [0.3, 0.4) is 0 Å². The highest BCUT2D eigenvalue weighted by Crippen LogP contribution is 2.38. The molecule has 1 aliphatic carbocycles. The van der Waals surface area contributed by atoms with E-state index in [1.807, 2.05) is 18.2 Å². The van der Waals surface area contributed by atoms with Gasteiger partial charge in [0.2, 0.25) is 0 Å². The van der Waals surface area contributed by atoms with Gasteiger partial charge < -0.3 is 5.11 Å². The van der Waals surface area contributed by atoms with Gasteiger partial charge in [-0.1, -0.05) is 47.5 Å². The second-order valence-corrected chi connectivity index (χ2v) is 5.52. The summed E-state index contributed by atoms with van der Waals surface area (Å²) in [5.74, 6) is 0.421. The lowest BCUT2D eigenvalue weighted by Gasteiger charge is -2.28. The van der Waals surface area contributed by atoms with Gasteiger partial charge in [0.1, 0.15) is 0 Å². The van der Waals surface area contributed by atoms with E-state index in [2.05, 4.69) is 28.9 Å². The number of hydrogen-bond donors (Lipinski definition) is 1. The fourth-order valence-corrected chi connectivity index (χ4v) is 2.89. The van der Waals surface area contributed by atoms with E-state index in [1.165, 1.54) is 5.56 Å². The molecule has 1 aliphatic rings. The number of hydrogen-bond acceptors (Lipinski definition) is 1. The van der Waals surface area contributed by atoms with Crippen molar-refractivity contribution >= 4 is 15.9 Å². The molecule has 0 spiro atoms. The number of aliphatic hydroxyl groups is 1. The zero-order chi connectivity index (χ0) is 10.9. The van der Waals surface area contributed by atoms with Crippen LogP contribution in [0.25, 0.3) is 0 Å². The van der Waals surface area contributed by atoms with Gasteiger partial charge in [-0.3, -0.25) is 0 Å². The van der Waals surface area contributed by atoms with Gasteiger partial charge in [0.15, 0.2) is 0 Å². The number of benzene rings is 1. The first-order chi connectivity index (χ1) is 7.12. The second kappa shape index (κ2) is 4.26. The third kappa shape index (κ3) is 2.26. The Balaban J connectivity index is 2.18. The van der Waals surface area contributed by atoms with Crippen LogP contribution in [0.1, 0.15) is 31.7 Å². The molecule has 1 saturated carbocycles. The average Bonchev–Trinajstić information content (AvgIpc) is 2.51. The molecule has 1 nitrogen and oxygen atoms in total. The highest BCUT2D eigenvalue weighted by Gasteiger charge is 2.38. The van der Waals surface area contributed by atoms with E-state index in [4.69, 9.17) is 0 Å². The highest BCUT2D eigenvalue weighted by molar-refractivity contribution is 9.10. The SMILES string of the molecule is CC1CCCC1(O)Cc1ccccc1Br. The molecule has 1 aromatic carbocycles. The van der Waals surface area contributed by atoms with E-state index in [0.29, 0.717) is 5.92 Å². The molecule has 1 N–H and O–H groups in total. The minimum Gasteiger partial charge on any atom is -0.389 e. The lowest BCUT2D eigenvalue weighted by molar-refractivity contribution is 0.00945. The third-order valence-electron chi connectivity index (χ3n) is 3.62. The standard InChI is InChI=1S/C13H17BrO/c1-10-5-4-8-13(10,15)9-11-6-2-3-7-12(11)14/h2-3,6-7,10,15H,4-5,8-9H2,1H3. The Labute approximate surface area is 99.6 Å². The van der Waals surface area contributed by atoms with E-state index in [1.54, 1.807) is 0 Å². The maximum atomic E-state index is 10.5. The molecule has 0 amide bonds. The second-order valence-electron chi connectivity index (χ2n) is 4.67. The van der Waals surface area contributed by atoms with E-state index >= 15 is 0 Å². The summed E-state index contributed by atoms with van der Waals surface area (Å²) in [5, 5.41) is 10.5. The Morgan fingerprint density at radius 3 is 2.80 bits per heavy atom. The first kappa shape index (κ1) is 11.2. The molecule has 82 valence electrons. The van der Waals surface area contributed by atoms with Crippen molar-refractivity contribution in [3.05, 3.63) is 34.3 Å². The number of halogens is 1. The summed E-state index contributed by atoms with van der Waals surface area (Å²) >= 11 is 3.54. The van der Waals surface area contributed by atoms with Crippen LogP contribution in [-0.2, 0) is 6.42 Å². The van der Waals surface area contributed by atoms with Crippen LogP contribution < -0.4 is 0 Å². The lowest BCUT2D eigenvalue weighted by Crippen LogP contribution is -2.34. The van der Waals surface area contributed by atoms with Gasteiger partial charge >= 0.3 is 0 Å². The molecule has 2 atom stereocenters. The molecule has 1 fully saturated rings. The zero-order valence-corrected chi connectivity index (χ0v) is 10.6. The predicted octanol–water partition coefficient (Wildman–Crippen LogP) is 3.54. The normalized spacial score (nSPS) is 30.7. The van der Waals surface area contributed by atoms with Crippen molar-refractivity contribution in [2.45, 2.75) is 38.2 Å². The molecular formula is C13H17BrO. The van der Waals surface area contributed by atoms with Gasteiger partial charge in [-0.25, -0.2) is 0 Å². The van der Waals surface area contributed by atoms with E-state index in [9.17, 15) is 5.11 Å².